The zero-order chi connectivity index (χ0) is 21.6. The maximum absolute atomic E-state index is 13.2. The lowest BCUT2D eigenvalue weighted by molar-refractivity contribution is -0.376. The first kappa shape index (κ1) is 20.9. The van der Waals surface area contributed by atoms with Gasteiger partial charge in [0.1, 0.15) is 0 Å². The Hall–Kier alpha value is -2.81. The number of anilines is 1. The normalized spacial score (nSPS) is 16.0. The largest absolute Gasteiger partial charge is 0.430 e. The van der Waals surface area contributed by atoms with E-state index in [1.165, 1.54) is 17.1 Å². The second-order valence-corrected chi connectivity index (χ2v) is 6.45. The van der Waals surface area contributed by atoms with Crippen LogP contribution in [0.5, 0.6) is 0 Å². The zero-order valence-electron chi connectivity index (χ0n) is 15.0. The van der Waals surface area contributed by atoms with E-state index >= 15 is 0 Å². The number of hydrogen-bond donors (Lipinski definition) is 1. The van der Waals surface area contributed by atoms with Gasteiger partial charge in [-0.2, -0.15) is 26.3 Å². The van der Waals surface area contributed by atoms with Gasteiger partial charge in [0.25, 0.3) is 11.5 Å². The number of alkyl halides is 6. The monoisotopic (exact) mass is 415 g/mol. The maximum atomic E-state index is 13.2. The van der Waals surface area contributed by atoms with E-state index in [-0.39, 0.29) is 17.8 Å². The van der Waals surface area contributed by atoms with E-state index in [9.17, 15) is 36.2 Å². The second kappa shape index (κ2) is 6.91. The van der Waals surface area contributed by atoms with Crippen molar-refractivity contribution in [1.82, 2.24) is 0 Å². The van der Waals surface area contributed by atoms with Crippen LogP contribution < -0.4 is 4.90 Å². The van der Waals surface area contributed by atoms with Crippen molar-refractivity contribution in [3.8, 4) is 0 Å². The number of aliphatic hydroxyl groups is 1. The van der Waals surface area contributed by atoms with Crippen molar-refractivity contribution < 1.29 is 36.2 Å². The number of benzene rings is 2. The highest BCUT2D eigenvalue weighted by atomic mass is 19.4. The van der Waals surface area contributed by atoms with Gasteiger partial charge in [-0.1, -0.05) is 36.4 Å². The lowest BCUT2D eigenvalue weighted by Gasteiger charge is -2.33. The third kappa shape index (κ3) is 3.29. The summed E-state index contributed by atoms with van der Waals surface area (Å²) in [5, 5.41) is 9.66. The van der Waals surface area contributed by atoms with Crippen LogP contribution in [0.15, 0.2) is 42.5 Å². The van der Waals surface area contributed by atoms with Crippen LogP contribution in [0.1, 0.15) is 34.0 Å². The molecule has 0 aromatic heterocycles. The summed E-state index contributed by atoms with van der Waals surface area (Å²) in [6.07, 6.45) is -9.22. The van der Waals surface area contributed by atoms with Crippen molar-refractivity contribution in [2.45, 2.75) is 24.9 Å². The van der Waals surface area contributed by atoms with Crippen molar-refractivity contribution in [2.24, 2.45) is 0 Å². The number of halogens is 6. The predicted molar refractivity (Wildman–Crippen MR) is 95.2 cm³/mol. The molecule has 0 saturated heterocycles. The van der Waals surface area contributed by atoms with Crippen LogP contribution in [0, 0.1) is 0 Å². The Morgan fingerprint density at radius 2 is 1.48 bits per heavy atom. The molecular weight excluding hydrogens is 400 g/mol. The summed E-state index contributed by atoms with van der Waals surface area (Å²) in [5.41, 5.74) is -5.52. The van der Waals surface area contributed by atoms with Crippen LogP contribution in [0.2, 0.25) is 0 Å². The molecule has 0 spiro atoms. The number of nitrogens with zero attached hydrogens (tertiary/aromatic N) is 1. The average molecular weight is 415 g/mol. The molecule has 154 valence electrons. The van der Waals surface area contributed by atoms with E-state index in [0.29, 0.717) is 23.3 Å². The molecule has 2 aromatic rings. The number of hydrogen-bond acceptors (Lipinski definition) is 2. The quantitative estimate of drug-likeness (QED) is 0.690. The molecular formula is C20H15F6NO2. The van der Waals surface area contributed by atoms with Gasteiger partial charge in [-0.05, 0) is 36.2 Å². The summed E-state index contributed by atoms with van der Waals surface area (Å²) in [7, 11) is 0. The summed E-state index contributed by atoms with van der Waals surface area (Å²) in [6, 6.07) is 8.61. The molecule has 0 unspecified atom stereocenters. The highest BCUT2D eigenvalue weighted by molar-refractivity contribution is 6.10. The number of amides is 1. The van der Waals surface area contributed by atoms with Crippen molar-refractivity contribution >= 4 is 23.7 Å². The lowest BCUT2D eigenvalue weighted by atomic mass is 9.89. The summed E-state index contributed by atoms with van der Waals surface area (Å²) in [4.78, 5) is 14.1. The van der Waals surface area contributed by atoms with E-state index in [2.05, 4.69) is 0 Å². The molecule has 0 radical (unpaired) electrons. The summed E-state index contributed by atoms with van der Waals surface area (Å²) >= 11 is 0. The average Bonchev–Trinajstić information content (AvgIpc) is 2.64. The first-order valence-electron chi connectivity index (χ1n) is 8.51. The van der Waals surface area contributed by atoms with Gasteiger partial charge in [-0.3, -0.25) is 4.79 Å². The molecule has 9 heteroatoms. The van der Waals surface area contributed by atoms with E-state index < -0.39 is 29.4 Å². The van der Waals surface area contributed by atoms with Gasteiger partial charge in [0, 0.05) is 17.7 Å². The Labute approximate surface area is 161 Å². The predicted octanol–water partition coefficient (Wildman–Crippen LogP) is 5.15. The minimum atomic E-state index is -5.99. The number of carbonyl (C=O) groups is 1. The van der Waals surface area contributed by atoms with Crippen LogP contribution in [0.4, 0.5) is 32.0 Å². The van der Waals surface area contributed by atoms with Crippen LogP contribution in [-0.4, -0.2) is 29.9 Å². The summed E-state index contributed by atoms with van der Waals surface area (Å²) in [5.74, 6) is -0.441. The first-order valence-corrected chi connectivity index (χ1v) is 8.51. The van der Waals surface area contributed by atoms with Crippen LogP contribution in [-0.2, 0) is 5.60 Å². The Morgan fingerprint density at radius 1 is 0.897 bits per heavy atom. The molecule has 0 fully saturated rings. The van der Waals surface area contributed by atoms with Gasteiger partial charge < -0.3 is 10.0 Å². The summed E-state index contributed by atoms with van der Waals surface area (Å²) < 4.78 is 79.3. The molecule has 1 aliphatic rings. The van der Waals surface area contributed by atoms with Crippen LogP contribution in [0.3, 0.4) is 0 Å². The van der Waals surface area contributed by atoms with Crippen molar-refractivity contribution in [1.29, 1.82) is 0 Å². The zero-order valence-corrected chi connectivity index (χ0v) is 15.0. The summed E-state index contributed by atoms with van der Waals surface area (Å²) in [6.45, 7) is 1.77. The molecule has 1 N–H and O–H groups in total. The SMILES string of the molecule is CCN1C(=O)c2ccccc2/C=C\c2cc(C(O)(C(F)(F)F)C(F)(F)F)ccc21. The second-order valence-electron chi connectivity index (χ2n) is 6.45. The topological polar surface area (TPSA) is 40.5 Å². The fraction of sp³-hybridized carbons (Fsp3) is 0.250. The third-order valence-corrected chi connectivity index (χ3v) is 4.75. The van der Waals surface area contributed by atoms with E-state index in [4.69, 9.17) is 0 Å². The maximum Gasteiger partial charge on any atom is 0.430 e. The third-order valence-electron chi connectivity index (χ3n) is 4.75. The van der Waals surface area contributed by atoms with Gasteiger partial charge in [-0.15, -0.1) is 0 Å². The van der Waals surface area contributed by atoms with Gasteiger partial charge in [-0.25, -0.2) is 0 Å². The molecule has 3 nitrogen and oxygen atoms in total. The molecule has 1 amide bonds. The van der Waals surface area contributed by atoms with E-state index in [0.717, 1.165) is 6.07 Å². The molecule has 3 rings (SSSR count). The standard InChI is InChI=1S/C20H15F6NO2/c1-2-27-16-10-9-14(18(29,19(21,22)23)20(24,25)26)11-13(16)8-7-12-5-3-4-6-15(12)17(27)28/h3-11,29H,2H2,1H3/b8-7-. The molecule has 0 aliphatic carbocycles. The molecule has 0 bridgehead atoms. The van der Waals surface area contributed by atoms with Crippen LogP contribution >= 0.6 is 0 Å². The van der Waals surface area contributed by atoms with Crippen LogP contribution in [0.25, 0.3) is 12.2 Å². The minimum Gasteiger partial charge on any atom is -0.369 e. The number of fused-ring (bicyclic) bond motifs is 2. The highest BCUT2D eigenvalue weighted by Crippen LogP contribution is 2.50. The molecule has 0 atom stereocenters. The first-order chi connectivity index (χ1) is 13.4. The Balaban J connectivity index is 2.25. The Bertz CT molecular complexity index is 964. The van der Waals surface area contributed by atoms with E-state index in [1.54, 1.807) is 31.2 Å². The lowest BCUT2D eigenvalue weighted by Crippen LogP contribution is -2.54. The molecule has 1 heterocycles. The smallest absolute Gasteiger partial charge is 0.369 e. The highest BCUT2D eigenvalue weighted by Gasteiger charge is 2.71. The molecule has 1 aliphatic heterocycles. The molecule has 0 saturated carbocycles. The number of carbonyl (C=O) groups excluding carboxylic acids is 1. The van der Waals surface area contributed by atoms with Gasteiger partial charge in [0.2, 0.25) is 0 Å². The van der Waals surface area contributed by atoms with Crippen molar-refractivity contribution in [3.63, 3.8) is 0 Å². The fourth-order valence-electron chi connectivity index (χ4n) is 3.23. The molecule has 29 heavy (non-hydrogen) atoms. The van der Waals surface area contributed by atoms with Gasteiger partial charge >= 0.3 is 12.4 Å². The Morgan fingerprint density at radius 3 is 2.07 bits per heavy atom. The fourth-order valence-corrected chi connectivity index (χ4v) is 3.23. The molecule has 2 aromatic carbocycles. The van der Waals surface area contributed by atoms with Crippen molar-refractivity contribution in [3.05, 3.63) is 64.7 Å². The Kier molecular flexibility index (Phi) is 4.98. The number of rotatable bonds is 2. The minimum absolute atomic E-state index is 0.0564. The van der Waals surface area contributed by atoms with E-state index in [1.807, 2.05) is 0 Å². The van der Waals surface area contributed by atoms with Crippen molar-refractivity contribution in [2.75, 3.05) is 11.4 Å². The van der Waals surface area contributed by atoms with Gasteiger partial charge in [0.15, 0.2) is 0 Å². The van der Waals surface area contributed by atoms with Gasteiger partial charge in [0.05, 0.1) is 5.69 Å².